The molecule has 0 spiro atoms. The van der Waals surface area contributed by atoms with Gasteiger partial charge in [0.2, 0.25) is 5.88 Å². The molecule has 230 valence electrons. The van der Waals surface area contributed by atoms with E-state index in [2.05, 4.69) is 56.5 Å². The SMILES string of the molecule is Cc1nc(Oc2ccc(C(=O)NC3CC3)cc2)ccc1CN1CCC(N2C(=Nc3cccnc3)OCC2c2ccccc2)CC1. The molecule has 7 rings (SSSR count). The van der Waals surface area contributed by atoms with Crippen LogP contribution in [0, 0.1) is 6.92 Å². The number of hydrogen-bond acceptors (Lipinski definition) is 7. The minimum absolute atomic E-state index is 0.0329. The summed E-state index contributed by atoms with van der Waals surface area (Å²) in [6.07, 6.45) is 7.70. The summed E-state index contributed by atoms with van der Waals surface area (Å²) < 4.78 is 12.2. The second-order valence-electron chi connectivity index (χ2n) is 12.0. The Morgan fingerprint density at radius 3 is 2.49 bits per heavy atom. The summed E-state index contributed by atoms with van der Waals surface area (Å²) in [6.45, 7) is 5.41. The fourth-order valence-electron chi connectivity index (χ4n) is 6.08. The van der Waals surface area contributed by atoms with Gasteiger partial charge in [0.25, 0.3) is 11.9 Å². The number of amides is 1. The van der Waals surface area contributed by atoms with Gasteiger partial charge in [0.15, 0.2) is 0 Å². The molecule has 2 aliphatic heterocycles. The number of piperidine rings is 1. The summed E-state index contributed by atoms with van der Waals surface area (Å²) >= 11 is 0. The summed E-state index contributed by atoms with van der Waals surface area (Å²) in [4.78, 5) is 31.0. The van der Waals surface area contributed by atoms with Gasteiger partial charge in [-0.05, 0) is 80.1 Å². The smallest absolute Gasteiger partial charge is 0.293 e. The first kappa shape index (κ1) is 29.0. The highest BCUT2D eigenvalue weighted by molar-refractivity contribution is 5.94. The Morgan fingerprint density at radius 2 is 1.78 bits per heavy atom. The van der Waals surface area contributed by atoms with Gasteiger partial charge in [-0.25, -0.2) is 4.98 Å². The molecule has 0 radical (unpaired) electrons. The average Bonchev–Trinajstić information content (AvgIpc) is 3.80. The van der Waals surface area contributed by atoms with Crippen molar-refractivity contribution in [2.75, 3.05) is 19.7 Å². The molecule has 1 aliphatic carbocycles. The summed E-state index contributed by atoms with van der Waals surface area (Å²) in [6, 6.07) is 27.2. The van der Waals surface area contributed by atoms with Crippen molar-refractivity contribution in [1.29, 1.82) is 0 Å². The van der Waals surface area contributed by atoms with Crippen molar-refractivity contribution in [1.82, 2.24) is 25.1 Å². The lowest BCUT2D eigenvalue weighted by molar-refractivity contribution is 0.0951. The van der Waals surface area contributed by atoms with E-state index in [0.717, 1.165) is 56.7 Å². The van der Waals surface area contributed by atoms with Gasteiger partial charge in [-0.15, -0.1) is 0 Å². The number of nitrogens with zero attached hydrogens (tertiary/aromatic N) is 5. The normalized spacial score (nSPS) is 19.8. The van der Waals surface area contributed by atoms with E-state index >= 15 is 0 Å². The summed E-state index contributed by atoms with van der Waals surface area (Å²) in [7, 11) is 0. The Labute approximate surface area is 263 Å². The number of rotatable bonds is 9. The number of amidine groups is 1. The molecule has 45 heavy (non-hydrogen) atoms. The van der Waals surface area contributed by atoms with Crippen molar-refractivity contribution in [3.8, 4) is 11.6 Å². The van der Waals surface area contributed by atoms with Crippen molar-refractivity contribution in [3.05, 3.63) is 114 Å². The molecule has 0 bridgehead atoms. The monoisotopic (exact) mass is 602 g/mol. The third kappa shape index (κ3) is 6.99. The molecule has 1 atom stereocenters. The van der Waals surface area contributed by atoms with E-state index in [4.69, 9.17) is 19.5 Å². The topological polar surface area (TPSA) is 92.2 Å². The van der Waals surface area contributed by atoms with Gasteiger partial charge in [-0.2, -0.15) is 4.99 Å². The van der Waals surface area contributed by atoms with E-state index < -0.39 is 0 Å². The lowest BCUT2D eigenvalue weighted by Gasteiger charge is -2.39. The van der Waals surface area contributed by atoms with Crippen LogP contribution in [0.15, 0.2) is 96.2 Å². The van der Waals surface area contributed by atoms with Gasteiger partial charge in [-0.1, -0.05) is 36.4 Å². The van der Waals surface area contributed by atoms with Gasteiger partial charge in [-0.3, -0.25) is 14.7 Å². The summed E-state index contributed by atoms with van der Waals surface area (Å²) in [5.74, 6) is 1.17. The van der Waals surface area contributed by atoms with Gasteiger partial charge in [0.1, 0.15) is 12.4 Å². The molecule has 2 aromatic heterocycles. The van der Waals surface area contributed by atoms with Gasteiger partial charge < -0.3 is 19.7 Å². The van der Waals surface area contributed by atoms with Crippen LogP contribution in [0.4, 0.5) is 5.69 Å². The van der Waals surface area contributed by atoms with E-state index in [1.807, 2.05) is 37.3 Å². The maximum atomic E-state index is 12.3. The standard InChI is InChI=1S/C36H38N6O3/c1-25-28(11-16-34(38-25)45-32-14-9-27(10-15-32)35(43)39-29-12-13-29)23-41-20-17-31(18-21-41)42-33(26-6-3-2-4-7-26)24-44-36(42)40-30-8-5-19-37-22-30/h2-11,14-16,19,22,29,31,33H,12-13,17-18,20-21,23-24H2,1H3,(H,39,43). The molecule has 9 nitrogen and oxygen atoms in total. The lowest BCUT2D eigenvalue weighted by atomic mass is 9.98. The third-order valence-corrected chi connectivity index (χ3v) is 8.75. The lowest BCUT2D eigenvalue weighted by Crippen LogP contribution is -2.46. The van der Waals surface area contributed by atoms with E-state index in [1.165, 1.54) is 11.1 Å². The predicted octanol–water partition coefficient (Wildman–Crippen LogP) is 6.20. The number of carbonyl (C=O) groups is 1. The van der Waals surface area contributed by atoms with Crippen LogP contribution in [0.1, 0.15) is 58.9 Å². The molecule has 4 heterocycles. The number of aryl methyl sites for hydroxylation is 1. The van der Waals surface area contributed by atoms with Crippen molar-refractivity contribution in [3.63, 3.8) is 0 Å². The molecule has 3 aliphatic rings. The van der Waals surface area contributed by atoms with Crippen molar-refractivity contribution in [2.24, 2.45) is 4.99 Å². The van der Waals surface area contributed by atoms with Gasteiger partial charge in [0.05, 0.1) is 17.9 Å². The second kappa shape index (κ2) is 13.1. The highest BCUT2D eigenvalue weighted by Crippen LogP contribution is 2.34. The Hall–Kier alpha value is -4.76. The molecule has 9 heteroatoms. The Morgan fingerprint density at radius 1 is 0.978 bits per heavy atom. The Kier molecular flexibility index (Phi) is 8.42. The molecule has 1 N–H and O–H groups in total. The number of aliphatic imine (C=N–C) groups is 1. The highest BCUT2D eigenvalue weighted by Gasteiger charge is 2.39. The molecule has 1 unspecified atom stereocenters. The largest absolute Gasteiger partial charge is 0.462 e. The number of likely N-dealkylation sites (tertiary alicyclic amines) is 1. The van der Waals surface area contributed by atoms with Crippen LogP contribution < -0.4 is 10.1 Å². The maximum Gasteiger partial charge on any atom is 0.293 e. The first-order valence-electron chi connectivity index (χ1n) is 15.8. The third-order valence-electron chi connectivity index (χ3n) is 8.75. The fraction of sp³-hybridized carbons (Fsp3) is 0.333. The zero-order valence-corrected chi connectivity index (χ0v) is 25.5. The minimum atomic E-state index is -0.0329. The molecule has 2 aromatic carbocycles. The number of nitrogens with one attached hydrogen (secondary N) is 1. The first-order valence-corrected chi connectivity index (χ1v) is 15.8. The van der Waals surface area contributed by atoms with Crippen molar-refractivity contribution >= 4 is 17.6 Å². The number of ether oxygens (including phenoxy) is 2. The Bertz CT molecular complexity index is 1630. The molecular weight excluding hydrogens is 564 g/mol. The summed E-state index contributed by atoms with van der Waals surface area (Å²) in [5.41, 5.74) is 4.83. The van der Waals surface area contributed by atoms with Crippen molar-refractivity contribution < 1.29 is 14.3 Å². The van der Waals surface area contributed by atoms with E-state index in [0.29, 0.717) is 41.9 Å². The van der Waals surface area contributed by atoms with Crippen LogP contribution in [0.2, 0.25) is 0 Å². The zero-order valence-electron chi connectivity index (χ0n) is 25.5. The second-order valence-corrected chi connectivity index (χ2v) is 12.0. The van der Waals surface area contributed by atoms with Gasteiger partial charge >= 0.3 is 0 Å². The fourth-order valence-corrected chi connectivity index (χ4v) is 6.08. The van der Waals surface area contributed by atoms with E-state index in [9.17, 15) is 4.79 Å². The number of hydrogen-bond donors (Lipinski definition) is 1. The Balaban J connectivity index is 0.976. The molecule has 4 aromatic rings. The van der Waals surface area contributed by atoms with E-state index in [1.54, 1.807) is 24.5 Å². The van der Waals surface area contributed by atoms with Gasteiger partial charge in [0, 0.05) is 55.2 Å². The molecule has 1 amide bonds. The summed E-state index contributed by atoms with van der Waals surface area (Å²) in [5, 5.41) is 3.01. The maximum absolute atomic E-state index is 12.3. The van der Waals surface area contributed by atoms with Crippen LogP contribution in [-0.4, -0.2) is 63.5 Å². The molecule has 3 fully saturated rings. The molecule has 1 saturated carbocycles. The van der Waals surface area contributed by atoms with Crippen LogP contribution in [0.5, 0.6) is 11.6 Å². The zero-order chi connectivity index (χ0) is 30.6. The number of carbonyl (C=O) groups excluding carboxylic acids is 1. The van der Waals surface area contributed by atoms with Crippen LogP contribution in [0.3, 0.4) is 0 Å². The highest BCUT2D eigenvalue weighted by atomic mass is 16.5. The number of aromatic nitrogens is 2. The van der Waals surface area contributed by atoms with E-state index in [-0.39, 0.29) is 11.9 Å². The molecule has 2 saturated heterocycles. The number of benzene rings is 2. The number of pyridine rings is 2. The van der Waals surface area contributed by atoms with Crippen molar-refractivity contribution in [2.45, 2.75) is 57.3 Å². The van der Waals surface area contributed by atoms with Crippen LogP contribution in [-0.2, 0) is 11.3 Å². The predicted molar refractivity (Wildman–Crippen MR) is 173 cm³/mol. The minimum Gasteiger partial charge on any atom is -0.462 e. The quantitative estimate of drug-likeness (QED) is 0.244. The van der Waals surface area contributed by atoms with Crippen LogP contribution >= 0.6 is 0 Å². The first-order chi connectivity index (χ1) is 22.1. The molecular formula is C36H38N6O3. The average molecular weight is 603 g/mol. The van der Waals surface area contributed by atoms with Crippen LogP contribution in [0.25, 0.3) is 0 Å².